The first-order valence-electron chi connectivity index (χ1n) is 12.6. The fourth-order valence-electron chi connectivity index (χ4n) is 4.83. The minimum absolute atomic E-state index is 0.0644. The number of hydrogen-bond acceptors (Lipinski definition) is 9. The third kappa shape index (κ3) is 4.90. The molecule has 1 aliphatic carbocycles. The molecule has 0 saturated heterocycles. The molecule has 0 spiro atoms. The van der Waals surface area contributed by atoms with Crippen molar-refractivity contribution in [2.75, 3.05) is 16.9 Å². The summed E-state index contributed by atoms with van der Waals surface area (Å²) in [7, 11) is -3.74. The van der Waals surface area contributed by atoms with Crippen molar-refractivity contribution < 1.29 is 22.7 Å². The highest BCUT2D eigenvalue weighted by Gasteiger charge is 2.28. The molecule has 0 unspecified atom stereocenters. The van der Waals surface area contributed by atoms with Gasteiger partial charge >= 0.3 is 0 Å². The molecule has 200 valence electrons. The van der Waals surface area contributed by atoms with E-state index in [-0.39, 0.29) is 35.0 Å². The number of anilines is 2. The summed E-state index contributed by atoms with van der Waals surface area (Å²) in [5.41, 5.74) is 10.0. The molecule has 2 aliphatic rings. The lowest BCUT2D eigenvalue weighted by atomic mass is 10.0. The number of carbonyl (C=O) groups excluding carboxylic acids is 1. The Bertz CT molecular complexity index is 1700. The number of sulfone groups is 1. The summed E-state index contributed by atoms with van der Waals surface area (Å²) in [5.74, 6) is 0.434. The first kappa shape index (κ1) is 25.2. The molecule has 2 N–H and O–H groups in total. The standard InChI is InChI=1S/C28H27N5O5S/c1-16-25-21(15-37-16)20-9-5-17(12-22(20)32-26(25)29)14-33(23-4-3-11-30-27(23)39(2,35)36)28(34)18-6-10-24(31-13-18)38-19-7-8-19/h3-6,9-13,16,19H,7-8,14-15H2,1-2H3,(H2,29,32)/t16-/m1/s1. The normalized spacial score (nSPS) is 16.7. The maximum absolute atomic E-state index is 13.9. The Morgan fingerprint density at radius 2 is 2.00 bits per heavy atom. The highest BCUT2D eigenvalue weighted by Crippen LogP contribution is 2.38. The number of hydrogen-bond donors (Lipinski definition) is 1. The molecule has 4 heterocycles. The highest BCUT2D eigenvalue weighted by atomic mass is 32.2. The first-order valence-corrected chi connectivity index (χ1v) is 14.5. The van der Waals surface area contributed by atoms with E-state index >= 15 is 0 Å². The van der Waals surface area contributed by atoms with Crippen LogP contribution in [-0.2, 0) is 27.7 Å². The smallest absolute Gasteiger partial charge is 0.260 e. The Kier molecular flexibility index (Phi) is 6.19. The predicted molar refractivity (Wildman–Crippen MR) is 145 cm³/mol. The van der Waals surface area contributed by atoms with Crippen LogP contribution in [0.5, 0.6) is 5.88 Å². The minimum atomic E-state index is -3.74. The maximum Gasteiger partial charge on any atom is 0.260 e. The predicted octanol–water partition coefficient (Wildman–Crippen LogP) is 3.99. The fraction of sp³-hybridized carbons (Fsp3) is 0.286. The molecule has 3 aromatic heterocycles. The Morgan fingerprint density at radius 3 is 2.72 bits per heavy atom. The number of pyridine rings is 3. The van der Waals surface area contributed by atoms with E-state index in [1.54, 1.807) is 24.3 Å². The van der Waals surface area contributed by atoms with Gasteiger partial charge < -0.3 is 20.1 Å². The summed E-state index contributed by atoms with van der Waals surface area (Å²) in [6.07, 6.45) is 5.93. The van der Waals surface area contributed by atoms with Crippen molar-refractivity contribution in [3.05, 3.63) is 77.1 Å². The highest BCUT2D eigenvalue weighted by molar-refractivity contribution is 7.90. The van der Waals surface area contributed by atoms with E-state index in [0.29, 0.717) is 23.8 Å². The van der Waals surface area contributed by atoms with Crippen LogP contribution in [0, 0.1) is 0 Å². The number of rotatable bonds is 7. The number of nitrogens with zero attached hydrogens (tertiary/aromatic N) is 4. The van der Waals surface area contributed by atoms with Crippen molar-refractivity contribution in [3.8, 4) is 5.88 Å². The molecule has 4 aromatic rings. The van der Waals surface area contributed by atoms with Gasteiger partial charge in [-0.3, -0.25) is 4.79 Å². The molecule has 11 heteroatoms. The van der Waals surface area contributed by atoms with Gasteiger partial charge in [-0.15, -0.1) is 0 Å². The Hall–Kier alpha value is -4.09. The number of carbonyl (C=O) groups is 1. The SMILES string of the molecule is C[C@H]1OCc2c1c(N)nc1cc(CN(C(=O)c3ccc(OC4CC4)nc3)c3cccnc3S(C)(=O)=O)ccc21. The van der Waals surface area contributed by atoms with Gasteiger partial charge in [-0.25, -0.2) is 23.4 Å². The molecule has 6 rings (SSSR count). The van der Waals surface area contributed by atoms with Gasteiger partial charge in [0.1, 0.15) is 11.9 Å². The summed E-state index contributed by atoms with van der Waals surface area (Å²) in [6, 6.07) is 12.1. The van der Waals surface area contributed by atoms with Crippen LogP contribution in [0.1, 0.15) is 52.9 Å². The van der Waals surface area contributed by atoms with Crippen molar-refractivity contribution in [1.82, 2.24) is 15.0 Å². The van der Waals surface area contributed by atoms with Crippen molar-refractivity contribution in [3.63, 3.8) is 0 Å². The van der Waals surface area contributed by atoms with Crippen LogP contribution in [-0.4, -0.2) is 41.6 Å². The minimum Gasteiger partial charge on any atom is -0.474 e. The first-order chi connectivity index (χ1) is 18.7. The molecule has 1 atom stereocenters. The molecule has 0 bridgehead atoms. The van der Waals surface area contributed by atoms with Crippen LogP contribution in [0.2, 0.25) is 0 Å². The fourth-order valence-corrected chi connectivity index (χ4v) is 5.64. The third-order valence-electron chi connectivity index (χ3n) is 6.89. The van der Waals surface area contributed by atoms with E-state index < -0.39 is 15.7 Å². The van der Waals surface area contributed by atoms with Gasteiger partial charge in [0.2, 0.25) is 5.88 Å². The van der Waals surface area contributed by atoms with E-state index in [1.165, 1.54) is 17.3 Å². The zero-order valence-corrected chi connectivity index (χ0v) is 22.3. The molecular weight excluding hydrogens is 518 g/mol. The van der Waals surface area contributed by atoms with Gasteiger partial charge in [0.15, 0.2) is 14.9 Å². The monoisotopic (exact) mass is 545 g/mol. The molecule has 0 radical (unpaired) electrons. The zero-order valence-electron chi connectivity index (χ0n) is 21.5. The van der Waals surface area contributed by atoms with Crippen LogP contribution >= 0.6 is 0 Å². The van der Waals surface area contributed by atoms with Crippen LogP contribution in [0.25, 0.3) is 10.9 Å². The number of benzene rings is 1. The topological polar surface area (TPSA) is 138 Å². The quantitative estimate of drug-likeness (QED) is 0.365. The summed E-state index contributed by atoms with van der Waals surface area (Å²) in [6.45, 7) is 2.46. The number of amides is 1. The summed E-state index contributed by atoms with van der Waals surface area (Å²) in [5, 5.41) is 0.742. The Morgan fingerprint density at radius 1 is 1.18 bits per heavy atom. The summed E-state index contributed by atoms with van der Waals surface area (Å²) >= 11 is 0. The number of fused-ring (bicyclic) bond motifs is 3. The maximum atomic E-state index is 13.9. The molecule has 1 amide bonds. The van der Waals surface area contributed by atoms with Crippen LogP contribution in [0.4, 0.5) is 11.5 Å². The van der Waals surface area contributed by atoms with E-state index in [1.807, 2.05) is 25.1 Å². The lowest BCUT2D eigenvalue weighted by Gasteiger charge is -2.25. The van der Waals surface area contributed by atoms with Crippen LogP contribution in [0.3, 0.4) is 0 Å². The van der Waals surface area contributed by atoms with Gasteiger partial charge in [0.05, 0.1) is 36.0 Å². The number of nitrogens with two attached hydrogens (primary N) is 1. The second-order valence-corrected chi connectivity index (χ2v) is 11.8. The van der Waals surface area contributed by atoms with Crippen LogP contribution < -0.4 is 15.4 Å². The molecular formula is C28H27N5O5S. The van der Waals surface area contributed by atoms with Crippen molar-refractivity contribution in [1.29, 1.82) is 0 Å². The van der Waals surface area contributed by atoms with E-state index in [4.69, 9.17) is 15.2 Å². The molecule has 1 fully saturated rings. The molecule has 10 nitrogen and oxygen atoms in total. The average molecular weight is 546 g/mol. The largest absolute Gasteiger partial charge is 0.474 e. The van der Waals surface area contributed by atoms with Crippen molar-refractivity contribution >= 4 is 38.2 Å². The van der Waals surface area contributed by atoms with E-state index in [9.17, 15) is 13.2 Å². The second kappa shape index (κ2) is 9.58. The van der Waals surface area contributed by atoms with Gasteiger partial charge in [-0.2, -0.15) is 0 Å². The Labute approximate surface area is 225 Å². The zero-order chi connectivity index (χ0) is 27.3. The van der Waals surface area contributed by atoms with Crippen molar-refractivity contribution in [2.45, 2.75) is 50.2 Å². The lowest BCUT2D eigenvalue weighted by Crippen LogP contribution is -2.32. The van der Waals surface area contributed by atoms with Gasteiger partial charge in [0.25, 0.3) is 5.91 Å². The van der Waals surface area contributed by atoms with E-state index in [0.717, 1.165) is 41.2 Å². The van der Waals surface area contributed by atoms with Crippen LogP contribution in [0.15, 0.2) is 59.9 Å². The van der Waals surface area contributed by atoms with Gasteiger partial charge in [0, 0.05) is 35.7 Å². The summed E-state index contributed by atoms with van der Waals surface area (Å²) < 4.78 is 36.7. The second-order valence-electron chi connectivity index (χ2n) is 9.89. The van der Waals surface area contributed by atoms with Gasteiger partial charge in [-0.1, -0.05) is 12.1 Å². The molecule has 1 saturated carbocycles. The Balaban J connectivity index is 1.40. The number of aromatic nitrogens is 3. The molecule has 1 aliphatic heterocycles. The number of ether oxygens (including phenoxy) is 2. The molecule has 39 heavy (non-hydrogen) atoms. The number of nitrogen functional groups attached to an aromatic ring is 1. The van der Waals surface area contributed by atoms with E-state index in [2.05, 4.69) is 15.0 Å². The molecule has 1 aromatic carbocycles. The van der Waals surface area contributed by atoms with Crippen molar-refractivity contribution in [2.24, 2.45) is 0 Å². The van der Waals surface area contributed by atoms with Gasteiger partial charge in [-0.05, 0) is 55.2 Å². The lowest BCUT2D eigenvalue weighted by molar-refractivity contribution is 0.0801. The average Bonchev–Trinajstić information content (AvgIpc) is 3.64. The summed E-state index contributed by atoms with van der Waals surface area (Å²) in [4.78, 5) is 28.2. The third-order valence-corrected chi connectivity index (χ3v) is 7.90.